The van der Waals surface area contributed by atoms with Gasteiger partial charge in [-0.2, -0.15) is 0 Å². The Balaban J connectivity index is 1.79. The molecule has 1 heterocycles. The first-order chi connectivity index (χ1) is 12.2. The molecule has 0 fully saturated rings. The Morgan fingerprint density at radius 1 is 1.24 bits per heavy atom. The van der Waals surface area contributed by atoms with Crippen LogP contribution in [0.25, 0.3) is 0 Å². The summed E-state index contributed by atoms with van der Waals surface area (Å²) in [6, 6.07) is 14.5. The summed E-state index contributed by atoms with van der Waals surface area (Å²) >= 11 is 3.51. The van der Waals surface area contributed by atoms with Crippen molar-refractivity contribution in [3.05, 3.63) is 75.8 Å². The molecular weight excluding hydrogens is 378 g/mol. The third-order valence-corrected chi connectivity index (χ3v) is 5.65. The molecule has 0 unspecified atom stereocenters. The number of para-hydroxylation sites is 1. The molecule has 0 bridgehead atoms. The summed E-state index contributed by atoms with van der Waals surface area (Å²) in [5.41, 5.74) is 3.98. The zero-order valence-electron chi connectivity index (χ0n) is 14.0. The fourth-order valence-electron chi connectivity index (χ4n) is 4.00. The standard InChI is InChI=1S/C21H20BrNO2/c1-2-25-21(24)18-8-4-7-17-15-5-3-6-16(15)19(23-20(17)18)13-9-11-14(22)12-10-13/h3-5,7-12,15-16,19,23H,2,6H2,1H3/t15-,16+,19+/m0/s1. The minimum atomic E-state index is -0.262. The Bertz CT molecular complexity index is 828. The maximum Gasteiger partial charge on any atom is 0.340 e. The number of carbonyl (C=O) groups is 1. The van der Waals surface area contributed by atoms with E-state index in [0.717, 1.165) is 16.6 Å². The number of hydrogen-bond donors (Lipinski definition) is 1. The smallest absolute Gasteiger partial charge is 0.340 e. The number of halogens is 1. The summed E-state index contributed by atoms with van der Waals surface area (Å²) in [4.78, 5) is 12.4. The topological polar surface area (TPSA) is 38.3 Å². The van der Waals surface area contributed by atoms with Crippen LogP contribution in [0.5, 0.6) is 0 Å². The molecule has 25 heavy (non-hydrogen) atoms. The van der Waals surface area contributed by atoms with Crippen LogP contribution < -0.4 is 5.32 Å². The SMILES string of the molecule is CCOC(=O)c1cccc2c1N[C@H](c1ccc(Br)cc1)[C@@H]1CC=C[C@H]21. The normalized spacial score (nSPS) is 23.5. The highest BCUT2D eigenvalue weighted by molar-refractivity contribution is 9.10. The van der Waals surface area contributed by atoms with Gasteiger partial charge in [-0.1, -0.05) is 52.3 Å². The van der Waals surface area contributed by atoms with Crippen LogP contribution in [0.3, 0.4) is 0 Å². The van der Waals surface area contributed by atoms with E-state index in [4.69, 9.17) is 4.74 Å². The number of anilines is 1. The molecule has 1 aliphatic carbocycles. The quantitative estimate of drug-likeness (QED) is 0.552. The van der Waals surface area contributed by atoms with Crippen molar-refractivity contribution in [1.82, 2.24) is 0 Å². The first kappa shape index (κ1) is 16.4. The first-order valence-electron chi connectivity index (χ1n) is 8.67. The lowest BCUT2D eigenvalue weighted by molar-refractivity contribution is 0.0527. The molecule has 1 aliphatic heterocycles. The molecule has 2 aromatic carbocycles. The molecule has 2 aliphatic rings. The van der Waals surface area contributed by atoms with Crippen molar-refractivity contribution in [2.75, 3.05) is 11.9 Å². The highest BCUT2D eigenvalue weighted by Gasteiger charge is 2.39. The van der Waals surface area contributed by atoms with E-state index in [-0.39, 0.29) is 12.0 Å². The Morgan fingerprint density at radius 2 is 2.04 bits per heavy atom. The zero-order chi connectivity index (χ0) is 17.4. The van der Waals surface area contributed by atoms with Crippen LogP contribution in [0.4, 0.5) is 5.69 Å². The average Bonchev–Trinajstić information content (AvgIpc) is 3.11. The first-order valence-corrected chi connectivity index (χ1v) is 9.47. The maximum absolute atomic E-state index is 12.4. The Labute approximate surface area is 156 Å². The predicted octanol–water partition coefficient (Wildman–Crippen LogP) is 5.45. The predicted molar refractivity (Wildman–Crippen MR) is 103 cm³/mol. The summed E-state index contributed by atoms with van der Waals surface area (Å²) in [5.74, 6) is 0.534. The number of ether oxygens (including phenoxy) is 1. The molecule has 4 rings (SSSR count). The van der Waals surface area contributed by atoms with Crippen LogP contribution in [0.2, 0.25) is 0 Å². The van der Waals surface area contributed by atoms with Gasteiger partial charge in [-0.25, -0.2) is 4.79 Å². The van der Waals surface area contributed by atoms with E-state index in [1.807, 2.05) is 19.1 Å². The molecule has 4 heteroatoms. The van der Waals surface area contributed by atoms with Crippen LogP contribution in [0.1, 0.15) is 46.8 Å². The van der Waals surface area contributed by atoms with E-state index in [1.165, 1.54) is 11.1 Å². The lowest BCUT2D eigenvalue weighted by atomic mass is 9.76. The van der Waals surface area contributed by atoms with Gasteiger partial charge in [0.2, 0.25) is 0 Å². The summed E-state index contributed by atoms with van der Waals surface area (Å²) in [7, 11) is 0. The van der Waals surface area contributed by atoms with Crippen LogP contribution in [0, 0.1) is 5.92 Å². The average molecular weight is 398 g/mol. The van der Waals surface area contributed by atoms with E-state index < -0.39 is 0 Å². The second-order valence-electron chi connectivity index (χ2n) is 6.52. The highest BCUT2D eigenvalue weighted by Crippen LogP contribution is 2.50. The number of rotatable bonds is 3. The van der Waals surface area contributed by atoms with Crippen LogP contribution in [-0.2, 0) is 4.74 Å². The van der Waals surface area contributed by atoms with E-state index in [1.54, 1.807) is 0 Å². The van der Waals surface area contributed by atoms with Gasteiger partial charge in [-0.15, -0.1) is 0 Å². The molecule has 3 atom stereocenters. The van der Waals surface area contributed by atoms with Crippen molar-refractivity contribution in [1.29, 1.82) is 0 Å². The summed E-state index contributed by atoms with van der Waals surface area (Å²) in [6.07, 6.45) is 5.58. The molecule has 3 nitrogen and oxygen atoms in total. The lowest BCUT2D eigenvalue weighted by Gasteiger charge is -2.38. The van der Waals surface area contributed by atoms with Gasteiger partial charge in [0.25, 0.3) is 0 Å². The molecule has 0 saturated heterocycles. The van der Waals surface area contributed by atoms with Gasteiger partial charge in [0, 0.05) is 10.4 Å². The van der Waals surface area contributed by atoms with Crippen molar-refractivity contribution < 1.29 is 9.53 Å². The van der Waals surface area contributed by atoms with E-state index in [0.29, 0.717) is 24.0 Å². The third-order valence-electron chi connectivity index (χ3n) is 5.12. The van der Waals surface area contributed by atoms with E-state index in [9.17, 15) is 4.79 Å². The number of carbonyl (C=O) groups excluding carboxylic acids is 1. The Kier molecular flexibility index (Phi) is 4.38. The minimum absolute atomic E-state index is 0.177. The van der Waals surface area contributed by atoms with Crippen molar-refractivity contribution in [2.45, 2.75) is 25.3 Å². The molecule has 0 amide bonds. The van der Waals surface area contributed by atoms with Gasteiger partial charge in [0.05, 0.1) is 23.9 Å². The van der Waals surface area contributed by atoms with Gasteiger partial charge in [0.1, 0.15) is 0 Å². The Morgan fingerprint density at radius 3 is 2.80 bits per heavy atom. The maximum atomic E-state index is 12.4. The molecule has 0 saturated carbocycles. The van der Waals surface area contributed by atoms with Crippen molar-refractivity contribution in [3.63, 3.8) is 0 Å². The van der Waals surface area contributed by atoms with Crippen LogP contribution >= 0.6 is 15.9 Å². The van der Waals surface area contributed by atoms with Gasteiger partial charge in [-0.05, 0) is 48.6 Å². The number of hydrogen-bond acceptors (Lipinski definition) is 3. The highest BCUT2D eigenvalue weighted by atomic mass is 79.9. The molecule has 1 N–H and O–H groups in total. The molecule has 0 radical (unpaired) electrons. The molecular formula is C21H20BrNO2. The van der Waals surface area contributed by atoms with Crippen molar-refractivity contribution in [2.24, 2.45) is 5.92 Å². The van der Waals surface area contributed by atoms with Crippen LogP contribution in [-0.4, -0.2) is 12.6 Å². The van der Waals surface area contributed by atoms with E-state index >= 15 is 0 Å². The number of benzene rings is 2. The van der Waals surface area contributed by atoms with Crippen molar-refractivity contribution in [3.8, 4) is 0 Å². The summed E-state index contributed by atoms with van der Waals surface area (Å²) in [6.45, 7) is 2.21. The molecule has 128 valence electrons. The van der Waals surface area contributed by atoms with E-state index in [2.05, 4.69) is 63.7 Å². The minimum Gasteiger partial charge on any atom is -0.462 e. The lowest BCUT2D eigenvalue weighted by Crippen LogP contribution is -2.30. The third kappa shape index (κ3) is 2.89. The number of allylic oxidation sites excluding steroid dienone is 2. The zero-order valence-corrected chi connectivity index (χ0v) is 15.6. The van der Waals surface area contributed by atoms with Gasteiger partial charge in [-0.3, -0.25) is 0 Å². The monoisotopic (exact) mass is 397 g/mol. The fourth-order valence-corrected chi connectivity index (χ4v) is 4.26. The number of esters is 1. The van der Waals surface area contributed by atoms with Gasteiger partial charge < -0.3 is 10.1 Å². The summed E-state index contributed by atoms with van der Waals surface area (Å²) in [5, 5.41) is 3.66. The second kappa shape index (κ2) is 6.68. The van der Waals surface area contributed by atoms with Gasteiger partial charge >= 0.3 is 5.97 Å². The van der Waals surface area contributed by atoms with Crippen LogP contribution in [0.15, 0.2) is 59.1 Å². The number of fused-ring (bicyclic) bond motifs is 3. The Hall–Kier alpha value is -2.07. The molecule has 2 aromatic rings. The second-order valence-corrected chi connectivity index (χ2v) is 7.43. The largest absolute Gasteiger partial charge is 0.462 e. The molecule has 0 aromatic heterocycles. The fraction of sp³-hybridized carbons (Fsp3) is 0.286. The van der Waals surface area contributed by atoms with Gasteiger partial charge in [0.15, 0.2) is 0 Å². The summed E-state index contributed by atoms with van der Waals surface area (Å²) < 4.78 is 6.33. The molecule has 0 spiro atoms. The number of nitrogens with one attached hydrogen (secondary N) is 1. The van der Waals surface area contributed by atoms with Crippen molar-refractivity contribution >= 4 is 27.6 Å².